The second-order valence-corrected chi connectivity index (χ2v) is 5.01. The van der Waals surface area contributed by atoms with Crippen molar-refractivity contribution >= 4 is 5.97 Å². The molecule has 0 spiro atoms. The fraction of sp³-hybridized carbons (Fsp3) is 0.267. The summed E-state index contributed by atoms with van der Waals surface area (Å²) in [6.45, 7) is 3.35. The molecule has 2 aromatic rings. The van der Waals surface area contributed by atoms with Crippen LogP contribution in [0.1, 0.15) is 19.4 Å². The maximum atomic E-state index is 12.1. The minimum Gasteiger partial charge on any atom is -0.492 e. The third-order valence-corrected chi connectivity index (χ3v) is 2.91. The predicted molar refractivity (Wildman–Crippen MR) is 74.7 cm³/mol. The van der Waals surface area contributed by atoms with Crippen LogP contribution in [-0.4, -0.2) is 26.5 Å². The summed E-state index contributed by atoms with van der Waals surface area (Å²) in [5, 5.41) is 18.9. The zero-order chi connectivity index (χ0) is 15.5. The van der Waals surface area contributed by atoms with Gasteiger partial charge in [-0.3, -0.25) is 0 Å². The summed E-state index contributed by atoms with van der Waals surface area (Å²) >= 11 is 0. The van der Waals surface area contributed by atoms with E-state index in [1.165, 1.54) is 12.1 Å². The molecule has 0 saturated heterocycles. The number of aromatic nitrogens is 1. The Balaban J connectivity index is 2.00. The van der Waals surface area contributed by atoms with Gasteiger partial charge < -0.3 is 19.8 Å². The van der Waals surface area contributed by atoms with Gasteiger partial charge in [0.25, 0.3) is 0 Å². The lowest BCUT2D eigenvalue weighted by atomic mass is 10.1. The fourth-order valence-electron chi connectivity index (χ4n) is 1.59. The Morgan fingerprint density at radius 3 is 2.24 bits per heavy atom. The summed E-state index contributed by atoms with van der Waals surface area (Å²) in [7, 11) is 0. The summed E-state index contributed by atoms with van der Waals surface area (Å²) in [5.74, 6) is -1.49. The summed E-state index contributed by atoms with van der Waals surface area (Å²) in [6.07, 6.45) is 0. The number of aromatic hydroxyl groups is 2. The number of nitrogens with zero attached hydrogens (tertiary/aromatic N) is 1. The van der Waals surface area contributed by atoms with Gasteiger partial charge in [-0.05, 0) is 19.4 Å². The number of hydrogen-bond donors (Lipinski definition) is 2. The molecular weight excluding hydrogens is 274 g/mol. The minimum absolute atomic E-state index is 0.243. The zero-order valence-electron chi connectivity index (χ0n) is 11.8. The Labute approximate surface area is 122 Å². The molecule has 2 rings (SSSR count). The monoisotopic (exact) mass is 291 g/mol. The number of ether oxygens (including phenoxy) is 1. The van der Waals surface area contributed by atoms with Crippen molar-refractivity contribution in [2.24, 2.45) is 0 Å². The molecule has 2 N–H and O–H groups in total. The van der Waals surface area contributed by atoms with E-state index in [4.69, 9.17) is 9.57 Å². The van der Waals surface area contributed by atoms with Crippen LogP contribution in [0.25, 0.3) is 0 Å². The van der Waals surface area contributed by atoms with Crippen LogP contribution in [0.5, 0.6) is 11.8 Å². The number of hydrogen-bond acceptors (Lipinski definition) is 5. The van der Waals surface area contributed by atoms with Crippen molar-refractivity contribution < 1.29 is 24.6 Å². The van der Waals surface area contributed by atoms with Gasteiger partial charge in [0, 0.05) is 12.1 Å². The lowest BCUT2D eigenvalue weighted by molar-refractivity contribution is -0.171. The van der Waals surface area contributed by atoms with Gasteiger partial charge in [0.1, 0.15) is 0 Å². The third kappa shape index (κ3) is 3.55. The molecule has 1 heterocycles. The van der Waals surface area contributed by atoms with E-state index in [2.05, 4.69) is 0 Å². The molecule has 21 heavy (non-hydrogen) atoms. The summed E-state index contributed by atoms with van der Waals surface area (Å²) < 4.78 is 6.19. The van der Waals surface area contributed by atoms with Crippen LogP contribution in [0.2, 0.25) is 0 Å². The van der Waals surface area contributed by atoms with Crippen LogP contribution in [-0.2, 0) is 16.1 Å². The lowest BCUT2D eigenvalue weighted by Gasteiger charge is -2.23. The van der Waals surface area contributed by atoms with Crippen LogP contribution in [0.4, 0.5) is 0 Å². The van der Waals surface area contributed by atoms with Gasteiger partial charge >= 0.3 is 5.97 Å². The number of benzene rings is 1. The van der Waals surface area contributed by atoms with Crippen molar-refractivity contribution in [3.05, 3.63) is 48.0 Å². The Kier molecular flexibility index (Phi) is 4.18. The molecule has 1 aromatic carbocycles. The highest BCUT2D eigenvalue weighted by Crippen LogP contribution is 2.21. The molecular formula is C15H17NO5. The van der Waals surface area contributed by atoms with Crippen LogP contribution in [0, 0.1) is 0 Å². The highest BCUT2D eigenvalue weighted by Gasteiger charge is 2.32. The van der Waals surface area contributed by atoms with Crippen LogP contribution >= 0.6 is 0 Å². The normalized spacial score (nSPS) is 11.3. The Morgan fingerprint density at radius 2 is 1.67 bits per heavy atom. The maximum Gasteiger partial charge on any atom is 0.364 e. The fourth-order valence-corrected chi connectivity index (χ4v) is 1.59. The molecule has 1 aromatic heterocycles. The van der Waals surface area contributed by atoms with Gasteiger partial charge in [-0.1, -0.05) is 30.3 Å². The quantitative estimate of drug-likeness (QED) is 0.878. The molecule has 0 saturated carbocycles. The predicted octanol–water partition coefficient (Wildman–Crippen LogP) is 1.85. The van der Waals surface area contributed by atoms with Gasteiger partial charge in [-0.2, -0.15) is 0 Å². The van der Waals surface area contributed by atoms with Gasteiger partial charge in [0.15, 0.2) is 5.60 Å². The third-order valence-electron chi connectivity index (χ3n) is 2.91. The highest BCUT2D eigenvalue weighted by molar-refractivity contribution is 5.79. The van der Waals surface area contributed by atoms with Crippen molar-refractivity contribution in [2.75, 3.05) is 0 Å². The van der Waals surface area contributed by atoms with Crippen molar-refractivity contribution in [1.29, 1.82) is 0 Å². The first kappa shape index (κ1) is 14.9. The van der Waals surface area contributed by atoms with E-state index in [1.807, 2.05) is 30.3 Å². The molecule has 6 heteroatoms. The first-order valence-electron chi connectivity index (χ1n) is 6.40. The Hall–Kier alpha value is -2.47. The zero-order valence-corrected chi connectivity index (χ0v) is 11.8. The smallest absolute Gasteiger partial charge is 0.364 e. The summed E-state index contributed by atoms with van der Waals surface area (Å²) in [4.78, 5) is 17.0. The van der Waals surface area contributed by atoms with Crippen molar-refractivity contribution in [2.45, 2.75) is 26.1 Å². The average Bonchev–Trinajstić information content (AvgIpc) is 2.78. The lowest BCUT2D eigenvalue weighted by Crippen LogP contribution is -2.41. The largest absolute Gasteiger partial charge is 0.492 e. The van der Waals surface area contributed by atoms with Crippen molar-refractivity contribution in [3.63, 3.8) is 0 Å². The number of carbonyl (C=O) groups is 1. The molecule has 0 unspecified atom stereocenters. The average molecular weight is 291 g/mol. The molecule has 0 amide bonds. The topological polar surface area (TPSA) is 80.9 Å². The molecule has 0 atom stereocenters. The molecule has 0 aliphatic carbocycles. The molecule has 0 aliphatic rings. The Bertz CT molecular complexity index is 599. The molecule has 0 radical (unpaired) electrons. The molecule has 0 aliphatic heterocycles. The van der Waals surface area contributed by atoms with E-state index < -0.39 is 11.6 Å². The van der Waals surface area contributed by atoms with Crippen molar-refractivity contribution in [3.8, 4) is 11.8 Å². The standard InChI is InChI=1S/C15H17NO5/c1-15(2,20-10-11-6-4-3-5-7-11)14(19)21-16-12(17)8-9-13(16)18/h3-9,17-18H,10H2,1-2H3. The van der Waals surface area contributed by atoms with E-state index in [0.717, 1.165) is 5.56 Å². The first-order valence-corrected chi connectivity index (χ1v) is 6.40. The number of rotatable bonds is 5. The van der Waals surface area contributed by atoms with E-state index in [9.17, 15) is 15.0 Å². The van der Waals surface area contributed by atoms with Crippen molar-refractivity contribution in [1.82, 2.24) is 4.73 Å². The molecule has 0 fully saturated rings. The summed E-state index contributed by atoms with van der Waals surface area (Å²) in [5.41, 5.74) is -0.316. The summed E-state index contributed by atoms with van der Waals surface area (Å²) in [6, 6.07) is 11.8. The van der Waals surface area contributed by atoms with Crippen LogP contribution in [0.3, 0.4) is 0 Å². The maximum absolute atomic E-state index is 12.1. The van der Waals surface area contributed by atoms with Gasteiger partial charge in [-0.15, -0.1) is 4.73 Å². The van der Waals surface area contributed by atoms with Gasteiger partial charge in [-0.25, -0.2) is 4.79 Å². The van der Waals surface area contributed by atoms with E-state index in [1.54, 1.807) is 13.8 Å². The molecule has 6 nitrogen and oxygen atoms in total. The second-order valence-electron chi connectivity index (χ2n) is 5.01. The highest BCUT2D eigenvalue weighted by atomic mass is 16.7. The SMILES string of the molecule is CC(C)(OCc1ccccc1)C(=O)On1c(O)ccc1O. The molecule has 112 valence electrons. The molecule has 0 bridgehead atoms. The second kappa shape index (κ2) is 5.88. The van der Waals surface area contributed by atoms with E-state index >= 15 is 0 Å². The van der Waals surface area contributed by atoms with E-state index in [-0.39, 0.29) is 18.4 Å². The minimum atomic E-state index is -1.24. The van der Waals surface area contributed by atoms with Gasteiger partial charge in [0.05, 0.1) is 6.61 Å². The number of carbonyl (C=O) groups excluding carboxylic acids is 1. The Morgan fingerprint density at radius 1 is 1.10 bits per heavy atom. The van der Waals surface area contributed by atoms with E-state index in [0.29, 0.717) is 4.73 Å². The van der Waals surface area contributed by atoms with Gasteiger partial charge in [0.2, 0.25) is 11.8 Å². The van der Waals surface area contributed by atoms with Crippen LogP contribution < -0.4 is 4.84 Å². The first-order chi connectivity index (χ1) is 9.90. The van der Waals surface area contributed by atoms with Crippen LogP contribution in [0.15, 0.2) is 42.5 Å².